The zero-order valence-electron chi connectivity index (χ0n) is 7.10. The van der Waals surface area contributed by atoms with E-state index in [1.165, 1.54) is 0 Å². The maximum atomic E-state index is 11.3. The Kier molecular flexibility index (Phi) is 2.02. The minimum Gasteiger partial charge on any atom is -0.391 e. The fourth-order valence-electron chi connectivity index (χ4n) is 1.49. The van der Waals surface area contributed by atoms with Gasteiger partial charge in [-0.25, -0.2) is 0 Å². The van der Waals surface area contributed by atoms with E-state index in [1.807, 2.05) is 12.1 Å². The molecular weight excluding hydrogens is 166 g/mol. The molecule has 1 aromatic rings. The van der Waals surface area contributed by atoms with E-state index in [0.717, 1.165) is 5.69 Å². The van der Waals surface area contributed by atoms with Crippen LogP contribution in [0.15, 0.2) is 24.3 Å². The number of β-amino-alcohol motifs (C(OH)–C–C–N with tert-alkyl or cyclic N) is 1. The van der Waals surface area contributed by atoms with Gasteiger partial charge in [0.2, 0.25) is 5.91 Å². The van der Waals surface area contributed by atoms with Gasteiger partial charge in [-0.05, 0) is 18.2 Å². The molecule has 0 saturated carbocycles. The van der Waals surface area contributed by atoms with Gasteiger partial charge >= 0.3 is 0 Å². The lowest BCUT2D eigenvalue weighted by molar-refractivity contribution is -0.117. The number of aliphatic hydroxyl groups is 1. The minimum atomic E-state index is -0.521. The first kappa shape index (κ1) is 8.26. The van der Waals surface area contributed by atoms with Crippen LogP contribution in [0.2, 0.25) is 0 Å². The highest BCUT2D eigenvalue weighted by Crippen LogP contribution is 2.20. The summed E-state index contributed by atoms with van der Waals surface area (Å²) in [5, 5.41) is 9.26. The summed E-state index contributed by atoms with van der Waals surface area (Å²) in [6.07, 6.45) is -0.290. The number of carbonyl (C=O) groups is 1. The van der Waals surface area contributed by atoms with Crippen molar-refractivity contribution >= 4 is 11.6 Å². The number of aliphatic hydroxyl groups excluding tert-OH is 1. The van der Waals surface area contributed by atoms with E-state index in [4.69, 9.17) is 0 Å². The van der Waals surface area contributed by atoms with Crippen molar-refractivity contribution in [2.75, 3.05) is 11.4 Å². The molecule has 1 amide bonds. The molecule has 1 aliphatic heterocycles. The van der Waals surface area contributed by atoms with Gasteiger partial charge in [0.15, 0.2) is 0 Å². The van der Waals surface area contributed by atoms with Crippen molar-refractivity contribution in [1.82, 2.24) is 0 Å². The normalized spacial score (nSPS) is 22.4. The predicted molar refractivity (Wildman–Crippen MR) is 48.3 cm³/mol. The van der Waals surface area contributed by atoms with Crippen molar-refractivity contribution in [2.45, 2.75) is 12.5 Å². The van der Waals surface area contributed by atoms with Gasteiger partial charge in [-0.3, -0.25) is 4.79 Å². The molecule has 1 N–H and O–H groups in total. The maximum Gasteiger partial charge on any atom is 0.229 e. The van der Waals surface area contributed by atoms with E-state index in [2.05, 4.69) is 6.07 Å². The third-order valence-electron chi connectivity index (χ3n) is 2.11. The van der Waals surface area contributed by atoms with E-state index in [-0.39, 0.29) is 12.3 Å². The summed E-state index contributed by atoms with van der Waals surface area (Å²) in [6.45, 7) is 0.399. The summed E-state index contributed by atoms with van der Waals surface area (Å²) in [5.74, 6) is -0.0212. The van der Waals surface area contributed by atoms with Gasteiger partial charge in [0.25, 0.3) is 0 Å². The van der Waals surface area contributed by atoms with Gasteiger partial charge in [-0.2, -0.15) is 0 Å². The average Bonchev–Trinajstić information content (AvgIpc) is 2.47. The molecule has 1 heterocycles. The van der Waals surface area contributed by atoms with Crippen molar-refractivity contribution in [1.29, 1.82) is 0 Å². The van der Waals surface area contributed by atoms with Crippen LogP contribution in [0, 0.1) is 6.07 Å². The summed E-state index contributed by atoms with van der Waals surface area (Å²) in [4.78, 5) is 12.9. The number of rotatable bonds is 1. The molecular formula is C10H10NO2. The number of carbonyl (C=O) groups excluding carboxylic acids is 1. The Morgan fingerprint density at radius 2 is 2.46 bits per heavy atom. The molecule has 1 radical (unpaired) electrons. The van der Waals surface area contributed by atoms with Gasteiger partial charge in [0.1, 0.15) is 0 Å². The van der Waals surface area contributed by atoms with E-state index in [9.17, 15) is 9.90 Å². The van der Waals surface area contributed by atoms with Crippen LogP contribution < -0.4 is 4.90 Å². The molecule has 1 atom stereocenters. The molecule has 0 spiro atoms. The number of benzene rings is 1. The molecule has 1 saturated heterocycles. The summed E-state index contributed by atoms with van der Waals surface area (Å²) in [7, 11) is 0. The molecule has 1 fully saturated rings. The van der Waals surface area contributed by atoms with Crippen LogP contribution in [0.5, 0.6) is 0 Å². The van der Waals surface area contributed by atoms with Crippen molar-refractivity contribution in [2.24, 2.45) is 0 Å². The predicted octanol–water partition coefficient (Wildman–Crippen LogP) is 0.584. The standard InChI is InChI=1S/C10H10NO2/c12-9-6-10(13)11(7-9)8-4-2-1-3-5-8/h1-2,4-5,9,12H,6-7H2. The first-order valence-electron chi connectivity index (χ1n) is 4.22. The second-order valence-electron chi connectivity index (χ2n) is 3.12. The van der Waals surface area contributed by atoms with Crippen molar-refractivity contribution in [3.8, 4) is 0 Å². The molecule has 67 valence electrons. The zero-order chi connectivity index (χ0) is 9.26. The van der Waals surface area contributed by atoms with Crippen LogP contribution >= 0.6 is 0 Å². The maximum absolute atomic E-state index is 11.3. The van der Waals surface area contributed by atoms with Crippen molar-refractivity contribution in [3.05, 3.63) is 30.3 Å². The smallest absolute Gasteiger partial charge is 0.229 e. The first-order chi connectivity index (χ1) is 6.27. The van der Waals surface area contributed by atoms with Gasteiger partial charge in [0.05, 0.1) is 19.1 Å². The van der Waals surface area contributed by atoms with Crippen LogP contribution in [-0.4, -0.2) is 23.7 Å². The van der Waals surface area contributed by atoms with Crippen LogP contribution in [0.4, 0.5) is 5.69 Å². The minimum absolute atomic E-state index is 0.0212. The number of hydrogen-bond acceptors (Lipinski definition) is 2. The molecule has 0 aromatic heterocycles. The van der Waals surface area contributed by atoms with E-state index >= 15 is 0 Å². The zero-order valence-corrected chi connectivity index (χ0v) is 7.10. The topological polar surface area (TPSA) is 40.5 Å². The third-order valence-corrected chi connectivity index (χ3v) is 2.11. The van der Waals surface area contributed by atoms with E-state index in [1.54, 1.807) is 17.0 Å². The molecule has 3 heteroatoms. The molecule has 0 bridgehead atoms. The highest BCUT2D eigenvalue weighted by molar-refractivity contribution is 5.95. The average molecular weight is 176 g/mol. The SMILES string of the molecule is O=C1CC(O)CN1c1c[c]ccc1. The van der Waals surface area contributed by atoms with Crippen molar-refractivity contribution in [3.63, 3.8) is 0 Å². The molecule has 13 heavy (non-hydrogen) atoms. The van der Waals surface area contributed by atoms with Gasteiger partial charge in [-0.1, -0.05) is 12.1 Å². The van der Waals surface area contributed by atoms with Crippen LogP contribution in [0.25, 0.3) is 0 Å². The Labute approximate surface area is 76.6 Å². The summed E-state index contributed by atoms with van der Waals surface area (Å²) >= 11 is 0. The molecule has 1 aromatic carbocycles. The number of nitrogens with zero attached hydrogens (tertiary/aromatic N) is 1. The first-order valence-corrected chi connectivity index (χ1v) is 4.22. The highest BCUT2D eigenvalue weighted by atomic mass is 16.3. The van der Waals surface area contributed by atoms with Gasteiger partial charge in [0, 0.05) is 5.69 Å². The number of anilines is 1. The summed E-state index contributed by atoms with van der Waals surface area (Å²) in [5.41, 5.74) is 0.809. The van der Waals surface area contributed by atoms with E-state index < -0.39 is 6.10 Å². The molecule has 0 aliphatic carbocycles. The lowest BCUT2D eigenvalue weighted by Crippen LogP contribution is -2.24. The summed E-state index contributed by atoms with van der Waals surface area (Å²) < 4.78 is 0. The Hall–Kier alpha value is -1.35. The fraction of sp³-hybridized carbons (Fsp3) is 0.300. The Balaban J connectivity index is 2.23. The summed E-state index contributed by atoms with van der Waals surface area (Å²) in [6, 6.07) is 10.1. The third kappa shape index (κ3) is 1.55. The largest absolute Gasteiger partial charge is 0.391 e. The second-order valence-corrected chi connectivity index (χ2v) is 3.12. The lowest BCUT2D eigenvalue weighted by Gasteiger charge is -2.14. The fourth-order valence-corrected chi connectivity index (χ4v) is 1.49. The van der Waals surface area contributed by atoms with Crippen molar-refractivity contribution < 1.29 is 9.90 Å². The quantitative estimate of drug-likeness (QED) is 0.680. The molecule has 3 nitrogen and oxygen atoms in total. The molecule has 1 aliphatic rings. The molecule has 2 rings (SSSR count). The van der Waals surface area contributed by atoms with Crippen LogP contribution in [-0.2, 0) is 4.79 Å². The van der Waals surface area contributed by atoms with Gasteiger partial charge in [-0.15, -0.1) is 0 Å². The highest BCUT2D eigenvalue weighted by Gasteiger charge is 2.28. The van der Waals surface area contributed by atoms with Crippen LogP contribution in [0.3, 0.4) is 0 Å². The number of hydrogen-bond donors (Lipinski definition) is 1. The second kappa shape index (κ2) is 3.18. The van der Waals surface area contributed by atoms with Crippen LogP contribution in [0.1, 0.15) is 6.42 Å². The lowest BCUT2D eigenvalue weighted by atomic mass is 10.3. The Morgan fingerprint density at radius 3 is 3.00 bits per heavy atom. The molecule has 1 unspecified atom stereocenters. The Bertz CT molecular complexity index is 310. The Morgan fingerprint density at radius 1 is 1.62 bits per heavy atom. The van der Waals surface area contributed by atoms with E-state index in [0.29, 0.717) is 6.54 Å². The number of amides is 1. The monoisotopic (exact) mass is 176 g/mol. The van der Waals surface area contributed by atoms with Gasteiger partial charge < -0.3 is 10.0 Å².